The molecule has 1 fully saturated rings. The van der Waals surface area contributed by atoms with Crippen molar-refractivity contribution in [2.75, 3.05) is 13.7 Å². The Morgan fingerprint density at radius 2 is 1.72 bits per heavy atom. The number of esters is 3. The normalized spacial score (nSPS) is 22.1. The van der Waals surface area contributed by atoms with Crippen LogP contribution in [0, 0.1) is 0 Å². The van der Waals surface area contributed by atoms with E-state index in [9.17, 15) is 14.4 Å². The summed E-state index contributed by atoms with van der Waals surface area (Å²) in [7, 11) is 1.53. The highest BCUT2D eigenvalue weighted by atomic mass is 16.7. The summed E-state index contributed by atoms with van der Waals surface area (Å²) in [6, 6.07) is 6.46. The van der Waals surface area contributed by atoms with E-state index < -0.39 is 36.4 Å². The zero-order chi connectivity index (χ0) is 18.4. The lowest BCUT2D eigenvalue weighted by Gasteiger charge is -2.17. The fraction of sp³-hybridized carbons (Fsp3) is 0.471. The summed E-state index contributed by atoms with van der Waals surface area (Å²) in [6.45, 7) is 2.42. The molecule has 1 saturated heterocycles. The van der Waals surface area contributed by atoms with Crippen molar-refractivity contribution in [3.63, 3.8) is 0 Å². The van der Waals surface area contributed by atoms with Crippen molar-refractivity contribution in [1.82, 2.24) is 0 Å². The zero-order valence-corrected chi connectivity index (χ0v) is 14.2. The molecular weight excluding hydrogens is 332 g/mol. The second kappa shape index (κ2) is 8.48. The maximum Gasteiger partial charge on any atom is 0.338 e. The topological polar surface area (TPSA) is 97.4 Å². The van der Waals surface area contributed by atoms with E-state index in [1.807, 2.05) is 0 Å². The number of benzene rings is 1. The summed E-state index contributed by atoms with van der Waals surface area (Å²) in [5.41, 5.74) is 0.367. The van der Waals surface area contributed by atoms with E-state index in [-0.39, 0.29) is 13.0 Å². The Labute approximate surface area is 144 Å². The van der Waals surface area contributed by atoms with Crippen molar-refractivity contribution in [2.45, 2.75) is 38.8 Å². The van der Waals surface area contributed by atoms with Gasteiger partial charge in [-0.15, -0.1) is 0 Å². The molecule has 0 N–H and O–H groups in total. The summed E-state index contributed by atoms with van der Waals surface area (Å²) in [6.07, 6.45) is -2.03. The van der Waals surface area contributed by atoms with Gasteiger partial charge in [-0.25, -0.2) is 4.79 Å². The molecule has 0 amide bonds. The maximum absolute atomic E-state index is 12.0. The number of carbonyl (C=O) groups excluding carboxylic acids is 3. The molecule has 0 radical (unpaired) electrons. The summed E-state index contributed by atoms with van der Waals surface area (Å²) in [5.74, 6) is -0.963. The largest absolute Gasteiger partial charge is 0.497 e. The Bertz CT molecular complexity index is 600. The van der Waals surface area contributed by atoms with E-state index in [0.29, 0.717) is 11.3 Å². The summed E-state index contributed by atoms with van der Waals surface area (Å²) >= 11 is 0. The van der Waals surface area contributed by atoms with E-state index in [1.54, 1.807) is 24.3 Å². The minimum absolute atomic E-state index is 0.0552. The van der Waals surface area contributed by atoms with Crippen molar-refractivity contribution < 1.29 is 38.1 Å². The predicted molar refractivity (Wildman–Crippen MR) is 83.9 cm³/mol. The molecule has 0 spiro atoms. The summed E-state index contributed by atoms with van der Waals surface area (Å²) < 4.78 is 25.8. The van der Waals surface area contributed by atoms with Crippen molar-refractivity contribution >= 4 is 17.9 Å². The van der Waals surface area contributed by atoms with Crippen molar-refractivity contribution in [2.24, 2.45) is 0 Å². The van der Waals surface area contributed by atoms with Crippen LogP contribution in [0.2, 0.25) is 0 Å². The van der Waals surface area contributed by atoms with Gasteiger partial charge in [-0.05, 0) is 24.3 Å². The van der Waals surface area contributed by atoms with Gasteiger partial charge >= 0.3 is 17.9 Å². The van der Waals surface area contributed by atoms with Gasteiger partial charge in [0.2, 0.25) is 6.29 Å². The lowest BCUT2D eigenvalue weighted by Crippen LogP contribution is -2.30. The molecule has 0 unspecified atom stereocenters. The Morgan fingerprint density at radius 3 is 2.28 bits per heavy atom. The van der Waals surface area contributed by atoms with Crippen molar-refractivity contribution in [1.29, 1.82) is 0 Å². The van der Waals surface area contributed by atoms with Crippen molar-refractivity contribution in [3.8, 4) is 5.75 Å². The highest BCUT2D eigenvalue weighted by molar-refractivity contribution is 5.89. The van der Waals surface area contributed by atoms with E-state index >= 15 is 0 Å². The number of hydrogen-bond donors (Lipinski definition) is 0. The highest BCUT2D eigenvalue weighted by Crippen LogP contribution is 2.25. The van der Waals surface area contributed by atoms with Gasteiger partial charge in [-0.3, -0.25) is 9.59 Å². The Balaban J connectivity index is 1.89. The molecule has 8 nitrogen and oxygen atoms in total. The Hall–Kier alpha value is -2.61. The van der Waals surface area contributed by atoms with Gasteiger partial charge in [0.1, 0.15) is 12.4 Å². The number of hydrogen-bond acceptors (Lipinski definition) is 8. The first kappa shape index (κ1) is 18.7. The van der Waals surface area contributed by atoms with E-state index in [2.05, 4.69) is 0 Å². The summed E-state index contributed by atoms with van der Waals surface area (Å²) in [4.78, 5) is 34.3. The summed E-state index contributed by atoms with van der Waals surface area (Å²) in [5, 5.41) is 0. The van der Waals surface area contributed by atoms with Crippen LogP contribution in [0.4, 0.5) is 0 Å². The van der Waals surface area contributed by atoms with Crippen LogP contribution in [0.5, 0.6) is 5.75 Å². The molecule has 8 heteroatoms. The highest BCUT2D eigenvalue weighted by Gasteiger charge is 2.40. The quantitative estimate of drug-likeness (QED) is 0.561. The minimum atomic E-state index is -1.01. The maximum atomic E-state index is 12.0. The monoisotopic (exact) mass is 352 g/mol. The molecule has 3 atom stereocenters. The number of ether oxygens (including phenoxy) is 5. The molecule has 1 aliphatic heterocycles. The van der Waals surface area contributed by atoms with Gasteiger partial charge in [0.15, 0.2) is 6.10 Å². The first-order chi connectivity index (χ1) is 11.9. The third-order valence-corrected chi connectivity index (χ3v) is 3.45. The van der Waals surface area contributed by atoms with Crippen LogP contribution in [0.3, 0.4) is 0 Å². The molecule has 25 heavy (non-hydrogen) atoms. The molecule has 1 aromatic rings. The smallest absolute Gasteiger partial charge is 0.338 e. The van der Waals surface area contributed by atoms with Gasteiger partial charge in [0.25, 0.3) is 0 Å². The lowest BCUT2D eigenvalue weighted by atomic mass is 10.2. The second-order valence-electron chi connectivity index (χ2n) is 5.45. The van der Waals surface area contributed by atoms with Crippen LogP contribution in [-0.4, -0.2) is 50.1 Å². The van der Waals surface area contributed by atoms with Gasteiger partial charge in [0, 0.05) is 20.3 Å². The van der Waals surface area contributed by atoms with Crippen LogP contribution in [0.1, 0.15) is 30.6 Å². The third-order valence-electron chi connectivity index (χ3n) is 3.45. The van der Waals surface area contributed by atoms with Gasteiger partial charge in [-0.2, -0.15) is 0 Å². The Morgan fingerprint density at radius 1 is 1.08 bits per heavy atom. The molecule has 1 aliphatic rings. The van der Waals surface area contributed by atoms with Crippen LogP contribution in [0.15, 0.2) is 24.3 Å². The van der Waals surface area contributed by atoms with Crippen LogP contribution >= 0.6 is 0 Å². The fourth-order valence-electron chi connectivity index (χ4n) is 2.37. The number of methoxy groups -OCH3 is 1. The number of carbonyl (C=O) groups is 3. The number of rotatable bonds is 6. The lowest BCUT2D eigenvalue weighted by molar-refractivity contribution is -0.195. The van der Waals surface area contributed by atoms with Gasteiger partial charge in [-0.1, -0.05) is 0 Å². The molecule has 0 saturated carbocycles. The van der Waals surface area contributed by atoms with Crippen LogP contribution < -0.4 is 4.74 Å². The van der Waals surface area contributed by atoms with Crippen LogP contribution in [-0.2, 0) is 28.5 Å². The van der Waals surface area contributed by atoms with Crippen LogP contribution in [0.25, 0.3) is 0 Å². The first-order valence-corrected chi connectivity index (χ1v) is 7.70. The molecule has 1 aromatic carbocycles. The van der Waals surface area contributed by atoms with Crippen molar-refractivity contribution in [3.05, 3.63) is 29.8 Å². The predicted octanol–water partition coefficient (Wildman–Crippen LogP) is 1.46. The van der Waals surface area contributed by atoms with E-state index in [1.165, 1.54) is 21.0 Å². The van der Waals surface area contributed by atoms with Gasteiger partial charge in [0.05, 0.1) is 18.8 Å². The fourth-order valence-corrected chi connectivity index (χ4v) is 2.37. The molecular formula is C17H20O8. The van der Waals surface area contributed by atoms with Gasteiger partial charge < -0.3 is 23.7 Å². The minimum Gasteiger partial charge on any atom is -0.497 e. The first-order valence-electron chi connectivity index (χ1n) is 7.70. The molecule has 136 valence electrons. The Kier molecular flexibility index (Phi) is 6.35. The SMILES string of the molecule is COc1ccc(C(=O)OC[C@@H]2C[C@@H](OC(C)=O)[C@@H](OC(C)=O)O2)cc1. The molecule has 1 heterocycles. The zero-order valence-electron chi connectivity index (χ0n) is 14.2. The van der Waals surface area contributed by atoms with E-state index in [0.717, 1.165) is 0 Å². The molecule has 2 rings (SSSR count). The standard InChI is InChI=1S/C17H20O8/c1-10(18)23-15-8-14(25-17(15)24-11(2)19)9-22-16(20)12-4-6-13(21-3)7-5-12/h4-7,14-15,17H,8-9H2,1-3H3/t14-,15+,17-/m0/s1. The average molecular weight is 352 g/mol. The molecule has 0 aliphatic carbocycles. The third kappa shape index (κ3) is 5.46. The average Bonchev–Trinajstić information content (AvgIpc) is 2.93. The molecule has 0 bridgehead atoms. The van der Waals surface area contributed by atoms with E-state index in [4.69, 9.17) is 23.7 Å². The second-order valence-corrected chi connectivity index (χ2v) is 5.45. The molecule has 0 aromatic heterocycles.